The van der Waals surface area contributed by atoms with E-state index in [0.29, 0.717) is 12.5 Å². The Kier molecular flexibility index (Phi) is 5.59. The molecule has 1 aromatic heterocycles. The quantitative estimate of drug-likeness (QED) is 0.835. The summed E-state index contributed by atoms with van der Waals surface area (Å²) in [4.78, 5) is 9.63. The van der Waals surface area contributed by atoms with Gasteiger partial charge in [0.1, 0.15) is 5.82 Å². The Labute approximate surface area is 129 Å². The number of nitrogens with zero attached hydrogens (tertiary/aromatic N) is 3. The summed E-state index contributed by atoms with van der Waals surface area (Å²) in [6.07, 6.45) is 3.52. The van der Waals surface area contributed by atoms with Crippen LogP contribution in [0.4, 0.5) is 5.82 Å². The van der Waals surface area contributed by atoms with Gasteiger partial charge < -0.3 is 15.5 Å². The Morgan fingerprint density at radius 3 is 2.62 bits per heavy atom. The topological polar surface area (TPSA) is 45.4 Å². The van der Waals surface area contributed by atoms with E-state index in [4.69, 9.17) is 10.7 Å². The fourth-order valence-electron chi connectivity index (χ4n) is 2.98. The van der Waals surface area contributed by atoms with Crippen LogP contribution in [0.3, 0.4) is 0 Å². The van der Waals surface area contributed by atoms with Crippen molar-refractivity contribution in [3.63, 3.8) is 0 Å². The molecule has 0 spiro atoms. The average molecular weight is 290 g/mol. The Hall–Kier alpha value is -1.13. The molecule has 0 unspecified atom stereocenters. The number of aromatic nitrogens is 1. The van der Waals surface area contributed by atoms with E-state index in [0.717, 1.165) is 38.3 Å². The van der Waals surface area contributed by atoms with Crippen molar-refractivity contribution < 1.29 is 0 Å². The van der Waals surface area contributed by atoms with E-state index in [1.165, 1.54) is 23.2 Å². The van der Waals surface area contributed by atoms with Gasteiger partial charge in [0.2, 0.25) is 0 Å². The van der Waals surface area contributed by atoms with E-state index in [-0.39, 0.29) is 0 Å². The van der Waals surface area contributed by atoms with Gasteiger partial charge in [-0.15, -0.1) is 0 Å². The van der Waals surface area contributed by atoms with Gasteiger partial charge in [-0.05, 0) is 50.9 Å². The largest absolute Gasteiger partial charge is 0.355 e. The molecule has 0 aliphatic heterocycles. The molecule has 4 nitrogen and oxygen atoms in total. The number of fused-ring (bicyclic) bond motifs is 1. The molecule has 0 aromatic carbocycles. The standard InChI is InChI=1S/C17H30N4/c1-13(2)12-21(9-8-20(3)4)17-15(11-18)10-14-6-5-7-16(14)19-17/h10,13H,5-9,11-12,18H2,1-4H3. The van der Waals surface area contributed by atoms with Gasteiger partial charge >= 0.3 is 0 Å². The number of aryl methyl sites for hydroxylation is 2. The number of nitrogens with two attached hydrogens (primary N) is 1. The molecule has 0 saturated heterocycles. The second-order valence-electron chi connectivity index (χ2n) is 6.78. The Morgan fingerprint density at radius 1 is 1.24 bits per heavy atom. The molecule has 2 rings (SSSR count). The predicted octanol–water partition coefficient (Wildman–Crippen LogP) is 2.05. The highest BCUT2D eigenvalue weighted by molar-refractivity contribution is 5.51. The highest BCUT2D eigenvalue weighted by Crippen LogP contribution is 2.27. The van der Waals surface area contributed by atoms with Crippen molar-refractivity contribution in [1.29, 1.82) is 0 Å². The highest BCUT2D eigenvalue weighted by atomic mass is 15.2. The maximum absolute atomic E-state index is 5.99. The van der Waals surface area contributed by atoms with Crippen molar-refractivity contribution >= 4 is 5.82 Å². The van der Waals surface area contributed by atoms with Gasteiger partial charge in [0, 0.05) is 37.4 Å². The zero-order valence-corrected chi connectivity index (χ0v) is 14.0. The van der Waals surface area contributed by atoms with Crippen molar-refractivity contribution in [3.05, 3.63) is 22.9 Å². The second-order valence-corrected chi connectivity index (χ2v) is 6.78. The second kappa shape index (κ2) is 7.23. The predicted molar refractivity (Wildman–Crippen MR) is 89.8 cm³/mol. The Balaban J connectivity index is 2.28. The fourth-order valence-corrected chi connectivity index (χ4v) is 2.98. The van der Waals surface area contributed by atoms with Crippen molar-refractivity contribution in [2.75, 3.05) is 38.6 Å². The van der Waals surface area contributed by atoms with E-state index in [1.807, 2.05) is 0 Å². The maximum Gasteiger partial charge on any atom is 0.133 e. The molecule has 1 aliphatic carbocycles. The van der Waals surface area contributed by atoms with Crippen LogP contribution in [0.25, 0.3) is 0 Å². The lowest BCUT2D eigenvalue weighted by Crippen LogP contribution is -2.36. The van der Waals surface area contributed by atoms with E-state index < -0.39 is 0 Å². The molecule has 0 radical (unpaired) electrons. The maximum atomic E-state index is 5.99. The minimum atomic E-state index is 0.576. The summed E-state index contributed by atoms with van der Waals surface area (Å²) in [5, 5.41) is 0. The fraction of sp³-hybridized carbons (Fsp3) is 0.706. The van der Waals surface area contributed by atoms with Crippen LogP contribution in [-0.4, -0.2) is 43.6 Å². The molecule has 0 fully saturated rings. The third-order valence-electron chi connectivity index (χ3n) is 4.03. The van der Waals surface area contributed by atoms with Crippen molar-refractivity contribution in [1.82, 2.24) is 9.88 Å². The molecular formula is C17H30N4. The number of hydrogen-bond donors (Lipinski definition) is 1. The van der Waals surface area contributed by atoms with Gasteiger partial charge in [-0.2, -0.15) is 0 Å². The highest BCUT2D eigenvalue weighted by Gasteiger charge is 2.20. The lowest BCUT2D eigenvalue weighted by atomic mass is 10.1. The molecule has 1 aliphatic rings. The lowest BCUT2D eigenvalue weighted by Gasteiger charge is -2.29. The molecule has 0 bridgehead atoms. The number of rotatable bonds is 7. The minimum absolute atomic E-state index is 0.576. The summed E-state index contributed by atoms with van der Waals surface area (Å²) >= 11 is 0. The lowest BCUT2D eigenvalue weighted by molar-refractivity contribution is 0.408. The summed E-state index contributed by atoms with van der Waals surface area (Å²) in [5.74, 6) is 1.74. The van der Waals surface area contributed by atoms with Gasteiger partial charge in [-0.3, -0.25) is 0 Å². The average Bonchev–Trinajstić information content (AvgIpc) is 2.88. The van der Waals surface area contributed by atoms with Gasteiger partial charge in [0.15, 0.2) is 0 Å². The van der Waals surface area contributed by atoms with Crippen LogP contribution in [0.5, 0.6) is 0 Å². The summed E-state index contributed by atoms with van der Waals surface area (Å²) in [6.45, 7) is 8.18. The van der Waals surface area contributed by atoms with Crippen LogP contribution < -0.4 is 10.6 Å². The van der Waals surface area contributed by atoms with Crippen LogP contribution in [0.2, 0.25) is 0 Å². The van der Waals surface area contributed by atoms with E-state index in [9.17, 15) is 0 Å². The first-order valence-corrected chi connectivity index (χ1v) is 8.12. The Morgan fingerprint density at radius 2 is 2.00 bits per heavy atom. The zero-order chi connectivity index (χ0) is 15.4. The Bertz CT molecular complexity index is 468. The summed E-state index contributed by atoms with van der Waals surface area (Å²) in [7, 11) is 4.24. The first-order chi connectivity index (χ1) is 10.0. The van der Waals surface area contributed by atoms with Crippen molar-refractivity contribution in [3.8, 4) is 0 Å². The van der Waals surface area contributed by atoms with E-state index in [2.05, 4.69) is 43.8 Å². The molecule has 2 N–H and O–H groups in total. The van der Waals surface area contributed by atoms with Gasteiger partial charge in [0.25, 0.3) is 0 Å². The smallest absolute Gasteiger partial charge is 0.133 e. The van der Waals surface area contributed by atoms with Gasteiger partial charge in [0.05, 0.1) is 0 Å². The monoisotopic (exact) mass is 290 g/mol. The molecule has 0 atom stereocenters. The van der Waals surface area contributed by atoms with E-state index >= 15 is 0 Å². The third-order valence-corrected chi connectivity index (χ3v) is 4.03. The summed E-state index contributed by atoms with van der Waals surface area (Å²) in [6, 6.07) is 2.30. The zero-order valence-electron chi connectivity index (χ0n) is 14.0. The molecule has 1 aromatic rings. The summed E-state index contributed by atoms with van der Waals surface area (Å²) in [5.41, 5.74) is 9.90. The number of hydrogen-bond acceptors (Lipinski definition) is 4. The SMILES string of the molecule is CC(C)CN(CCN(C)C)c1nc2c(cc1CN)CCC2. The molecule has 0 amide bonds. The van der Waals surface area contributed by atoms with Crippen LogP contribution in [0, 0.1) is 5.92 Å². The van der Waals surface area contributed by atoms with Crippen LogP contribution in [0.15, 0.2) is 6.07 Å². The molecule has 0 saturated carbocycles. The van der Waals surface area contributed by atoms with Crippen LogP contribution >= 0.6 is 0 Å². The summed E-state index contributed by atoms with van der Waals surface area (Å²) < 4.78 is 0. The first-order valence-electron chi connectivity index (χ1n) is 8.12. The molecule has 118 valence electrons. The molecule has 4 heteroatoms. The number of anilines is 1. The van der Waals surface area contributed by atoms with Crippen LogP contribution in [-0.2, 0) is 19.4 Å². The van der Waals surface area contributed by atoms with Crippen LogP contribution in [0.1, 0.15) is 37.1 Å². The van der Waals surface area contributed by atoms with Gasteiger partial charge in [-0.1, -0.05) is 13.8 Å². The van der Waals surface area contributed by atoms with Crippen molar-refractivity contribution in [2.45, 2.75) is 39.7 Å². The number of pyridine rings is 1. The molecule has 21 heavy (non-hydrogen) atoms. The van der Waals surface area contributed by atoms with E-state index in [1.54, 1.807) is 0 Å². The minimum Gasteiger partial charge on any atom is -0.355 e. The molecule has 1 heterocycles. The number of likely N-dealkylation sites (N-methyl/N-ethyl adjacent to an activating group) is 1. The first kappa shape index (κ1) is 16.2. The normalized spacial score (nSPS) is 14.0. The third kappa shape index (κ3) is 4.17. The molecular weight excluding hydrogens is 260 g/mol. The van der Waals surface area contributed by atoms with Crippen molar-refractivity contribution in [2.24, 2.45) is 11.7 Å². The van der Waals surface area contributed by atoms with Gasteiger partial charge in [-0.25, -0.2) is 4.98 Å².